The molecule has 0 fully saturated rings. The topological polar surface area (TPSA) is 78.3 Å². The minimum Gasteiger partial charge on any atom is -0.490 e. The molecule has 0 saturated heterocycles. The van der Waals surface area contributed by atoms with E-state index in [2.05, 4.69) is 31.3 Å². The number of halogens is 1. The molecule has 0 amide bonds. The molecule has 1 N–H and O–H groups in total. The highest BCUT2D eigenvalue weighted by molar-refractivity contribution is 9.10. The normalized spacial score (nSPS) is 17.4. The molecule has 1 aromatic heterocycles. The third kappa shape index (κ3) is 3.79. The first-order valence-corrected chi connectivity index (χ1v) is 11.5. The number of nitrogens with zero attached hydrogens (tertiary/aromatic N) is 3. The SMILES string of the molecule is CCOc1cc(C2C3=C(CCCC3=O)Nc3ncnn32)cc(Br)c1OCc1ccccc1. The maximum absolute atomic E-state index is 12.9. The van der Waals surface area contributed by atoms with Crippen LogP contribution in [0.3, 0.4) is 0 Å². The van der Waals surface area contributed by atoms with Gasteiger partial charge in [0.05, 0.1) is 11.1 Å². The Kier molecular flexibility index (Phi) is 5.70. The molecule has 5 rings (SSSR count). The lowest BCUT2D eigenvalue weighted by Crippen LogP contribution is -2.31. The third-order valence-corrected chi connectivity index (χ3v) is 6.27. The first kappa shape index (κ1) is 20.8. The standard InChI is InChI=1S/C24H23BrN4O3/c1-2-31-20-12-16(11-17(25)23(20)32-13-15-7-4-3-5-8-15)22-21-18(9-6-10-19(21)30)28-24-26-14-27-29(22)24/h3-5,7-8,11-12,14,22H,2,6,9-10,13H2,1H3,(H,26,27,28). The van der Waals surface area contributed by atoms with Crippen molar-refractivity contribution in [1.29, 1.82) is 0 Å². The molecule has 32 heavy (non-hydrogen) atoms. The molecule has 2 heterocycles. The predicted octanol–water partition coefficient (Wildman–Crippen LogP) is 5.04. The van der Waals surface area contributed by atoms with Gasteiger partial charge in [-0.1, -0.05) is 30.3 Å². The van der Waals surface area contributed by atoms with Gasteiger partial charge >= 0.3 is 0 Å². The van der Waals surface area contributed by atoms with Crippen molar-refractivity contribution in [3.63, 3.8) is 0 Å². The first-order valence-electron chi connectivity index (χ1n) is 10.7. The van der Waals surface area contributed by atoms with Gasteiger partial charge in [-0.15, -0.1) is 0 Å². The number of anilines is 1. The number of fused-ring (bicyclic) bond motifs is 1. The molecule has 8 heteroatoms. The molecule has 0 radical (unpaired) electrons. The third-order valence-electron chi connectivity index (χ3n) is 5.68. The highest BCUT2D eigenvalue weighted by Crippen LogP contribution is 2.44. The van der Waals surface area contributed by atoms with E-state index in [9.17, 15) is 4.79 Å². The van der Waals surface area contributed by atoms with Crippen LogP contribution in [0.25, 0.3) is 0 Å². The van der Waals surface area contributed by atoms with Crippen LogP contribution in [-0.4, -0.2) is 27.2 Å². The molecular weight excluding hydrogens is 472 g/mol. The second kappa shape index (κ2) is 8.78. The zero-order valence-corrected chi connectivity index (χ0v) is 19.3. The molecule has 0 saturated carbocycles. The van der Waals surface area contributed by atoms with E-state index in [4.69, 9.17) is 9.47 Å². The van der Waals surface area contributed by atoms with Crippen LogP contribution in [0.2, 0.25) is 0 Å². The number of carbonyl (C=O) groups is 1. The van der Waals surface area contributed by atoms with Gasteiger partial charge in [0.1, 0.15) is 19.0 Å². The Labute approximate surface area is 194 Å². The van der Waals surface area contributed by atoms with E-state index in [0.717, 1.165) is 39.7 Å². The zero-order chi connectivity index (χ0) is 22.1. The van der Waals surface area contributed by atoms with Crippen molar-refractivity contribution in [1.82, 2.24) is 14.8 Å². The van der Waals surface area contributed by atoms with Crippen molar-refractivity contribution in [2.24, 2.45) is 0 Å². The number of carbonyl (C=O) groups excluding carboxylic acids is 1. The van der Waals surface area contributed by atoms with E-state index in [1.807, 2.05) is 49.4 Å². The van der Waals surface area contributed by atoms with Crippen LogP contribution in [0.4, 0.5) is 5.95 Å². The smallest absolute Gasteiger partial charge is 0.226 e. The largest absolute Gasteiger partial charge is 0.490 e. The molecule has 1 aliphatic heterocycles. The molecule has 164 valence electrons. The Morgan fingerprint density at radius 2 is 2.03 bits per heavy atom. The van der Waals surface area contributed by atoms with Gasteiger partial charge in [0.15, 0.2) is 17.3 Å². The molecule has 2 aromatic carbocycles. The summed E-state index contributed by atoms with van der Waals surface area (Å²) >= 11 is 3.68. The molecule has 1 aliphatic carbocycles. The second-order valence-electron chi connectivity index (χ2n) is 7.76. The van der Waals surface area contributed by atoms with Crippen molar-refractivity contribution >= 4 is 27.7 Å². The number of allylic oxidation sites excluding steroid dienone is 2. The zero-order valence-electron chi connectivity index (χ0n) is 17.7. The van der Waals surface area contributed by atoms with Crippen LogP contribution in [0.15, 0.2) is 64.5 Å². The van der Waals surface area contributed by atoms with Crippen molar-refractivity contribution in [3.05, 3.63) is 75.7 Å². The number of ketones is 1. The van der Waals surface area contributed by atoms with Gasteiger partial charge in [-0.2, -0.15) is 10.1 Å². The number of benzene rings is 2. The highest BCUT2D eigenvalue weighted by atomic mass is 79.9. The molecular formula is C24H23BrN4O3. The maximum atomic E-state index is 12.9. The van der Waals surface area contributed by atoms with Crippen molar-refractivity contribution in [2.75, 3.05) is 11.9 Å². The summed E-state index contributed by atoms with van der Waals surface area (Å²) in [7, 11) is 0. The Hall–Kier alpha value is -3.13. The number of aromatic nitrogens is 3. The van der Waals surface area contributed by atoms with Crippen LogP contribution in [0.5, 0.6) is 11.5 Å². The number of hydrogen-bond donors (Lipinski definition) is 1. The minimum absolute atomic E-state index is 0.142. The van der Waals surface area contributed by atoms with Crippen molar-refractivity contribution in [2.45, 2.75) is 38.8 Å². The van der Waals surface area contributed by atoms with Crippen LogP contribution in [0, 0.1) is 0 Å². The summed E-state index contributed by atoms with van der Waals surface area (Å²) in [6.07, 6.45) is 3.71. The summed E-state index contributed by atoms with van der Waals surface area (Å²) < 4.78 is 14.6. The van der Waals surface area contributed by atoms with Crippen LogP contribution in [0.1, 0.15) is 43.4 Å². The molecule has 1 unspecified atom stereocenters. The van der Waals surface area contributed by atoms with Crippen LogP contribution >= 0.6 is 15.9 Å². The van der Waals surface area contributed by atoms with Gasteiger partial charge in [-0.3, -0.25) is 4.79 Å². The Morgan fingerprint density at radius 1 is 1.19 bits per heavy atom. The lowest BCUT2D eigenvalue weighted by Gasteiger charge is -2.32. The summed E-state index contributed by atoms with van der Waals surface area (Å²) in [6.45, 7) is 2.85. The van der Waals surface area contributed by atoms with Gasteiger partial charge < -0.3 is 14.8 Å². The van der Waals surface area contributed by atoms with Gasteiger partial charge in [0.2, 0.25) is 5.95 Å². The van der Waals surface area contributed by atoms with E-state index in [1.165, 1.54) is 6.33 Å². The van der Waals surface area contributed by atoms with Gasteiger partial charge in [-0.25, -0.2) is 4.68 Å². The average molecular weight is 495 g/mol. The molecule has 3 aromatic rings. The fourth-order valence-corrected chi connectivity index (χ4v) is 4.86. The Balaban J connectivity index is 1.56. The number of nitrogens with one attached hydrogen (secondary N) is 1. The Morgan fingerprint density at radius 3 is 2.84 bits per heavy atom. The fraction of sp³-hybridized carbons (Fsp3) is 0.292. The monoisotopic (exact) mass is 494 g/mol. The summed E-state index contributed by atoms with van der Waals surface area (Å²) in [5.41, 5.74) is 3.65. The molecule has 1 atom stereocenters. The summed E-state index contributed by atoms with van der Waals surface area (Å²) in [5.74, 6) is 2.04. The summed E-state index contributed by atoms with van der Waals surface area (Å²) in [4.78, 5) is 17.3. The van der Waals surface area contributed by atoms with Crippen LogP contribution < -0.4 is 14.8 Å². The van der Waals surface area contributed by atoms with E-state index in [0.29, 0.717) is 37.1 Å². The second-order valence-corrected chi connectivity index (χ2v) is 8.62. The minimum atomic E-state index is -0.366. The predicted molar refractivity (Wildman–Crippen MR) is 124 cm³/mol. The van der Waals surface area contributed by atoms with Gasteiger partial charge in [-0.05, 0) is 59.0 Å². The molecule has 2 aliphatic rings. The van der Waals surface area contributed by atoms with Crippen molar-refractivity contribution < 1.29 is 14.3 Å². The fourth-order valence-electron chi connectivity index (χ4n) is 4.28. The lowest BCUT2D eigenvalue weighted by atomic mass is 9.85. The average Bonchev–Trinajstić information content (AvgIpc) is 3.26. The van der Waals surface area contributed by atoms with Gasteiger partial charge in [0.25, 0.3) is 0 Å². The number of rotatable bonds is 6. The molecule has 0 spiro atoms. The first-order chi connectivity index (χ1) is 15.7. The van der Waals surface area contributed by atoms with Crippen molar-refractivity contribution in [3.8, 4) is 11.5 Å². The maximum Gasteiger partial charge on any atom is 0.226 e. The summed E-state index contributed by atoms with van der Waals surface area (Å²) in [5, 5.41) is 7.71. The van der Waals surface area contributed by atoms with E-state index >= 15 is 0 Å². The van der Waals surface area contributed by atoms with E-state index in [1.54, 1.807) is 4.68 Å². The van der Waals surface area contributed by atoms with Crippen LogP contribution in [-0.2, 0) is 11.4 Å². The number of hydrogen-bond acceptors (Lipinski definition) is 6. The lowest BCUT2D eigenvalue weighted by molar-refractivity contribution is -0.116. The number of Topliss-reactive ketones (excluding diaryl/α,β-unsaturated/α-hetero) is 1. The molecule has 0 bridgehead atoms. The van der Waals surface area contributed by atoms with E-state index < -0.39 is 0 Å². The quantitative estimate of drug-likeness (QED) is 0.517. The Bertz CT molecular complexity index is 1190. The highest BCUT2D eigenvalue weighted by Gasteiger charge is 2.36. The molecule has 7 nitrogen and oxygen atoms in total. The number of ether oxygens (including phenoxy) is 2. The van der Waals surface area contributed by atoms with Gasteiger partial charge in [0, 0.05) is 17.7 Å². The van der Waals surface area contributed by atoms with E-state index in [-0.39, 0.29) is 11.8 Å². The summed E-state index contributed by atoms with van der Waals surface area (Å²) in [6, 6.07) is 13.6.